The zero-order valence-corrected chi connectivity index (χ0v) is 11.5. The highest BCUT2D eigenvalue weighted by molar-refractivity contribution is 5.96. The van der Waals surface area contributed by atoms with E-state index >= 15 is 0 Å². The molecule has 1 heterocycles. The van der Waals surface area contributed by atoms with E-state index in [1.54, 1.807) is 7.11 Å². The van der Waals surface area contributed by atoms with Crippen LogP contribution in [0.1, 0.15) is 26.3 Å². The monoisotopic (exact) mass is 247 g/mol. The molecule has 0 spiro atoms. The van der Waals surface area contributed by atoms with Crippen molar-refractivity contribution < 1.29 is 4.74 Å². The first-order chi connectivity index (χ1) is 8.50. The predicted octanol–water partition coefficient (Wildman–Crippen LogP) is 2.36. The Morgan fingerprint density at radius 2 is 2.11 bits per heavy atom. The van der Waals surface area contributed by atoms with E-state index in [1.807, 2.05) is 6.07 Å². The van der Waals surface area contributed by atoms with Crippen LogP contribution in [-0.4, -0.2) is 26.2 Å². The molecule has 0 aromatic heterocycles. The largest absolute Gasteiger partial charge is 0.495 e. The van der Waals surface area contributed by atoms with Gasteiger partial charge in [0.1, 0.15) is 5.75 Å². The van der Waals surface area contributed by atoms with Gasteiger partial charge in [0.25, 0.3) is 0 Å². The highest BCUT2D eigenvalue weighted by Crippen LogP contribution is 2.31. The van der Waals surface area contributed by atoms with Crippen LogP contribution in [0.2, 0.25) is 0 Å². The zero-order valence-electron chi connectivity index (χ0n) is 11.5. The van der Waals surface area contributed by atoms with Gasteiger partial charge in [-0.2, -0.15) is 0 Å². The Labute approximate surface area is 108 Å². The SMILES string of the molecule is COc1ccc(C(C)(C)C)cc1NC1=NCCN1. The third kappa shape index (κ3) is 2.75. The van der Waals surface area contributed by atoms with Gasteiger partial charge in [0.2, 0.25) is 0 Å². The summed E-state index contributed by atoms with van der Waals surface area (Å²) < 4.78 is 5.38. The van der Waals surface area contributed by atoms with Crippen molar-refractivity contribution in [1.29, 1.82) is 0 Å². The van der Waals surface area contributed by atoms with Gasteiger partial charge >= 0.3 is 0 Å². The van der Waals surface area contributed by atoms with Crippen molar-refractivity contribution in [2.24, 2.45) is 4.99 Å². The summed E-state index contributed by atoms with van der Waals surface area (Å²) in [4.78, 5) is 4.34. The first-order valence-corrected chi connectivity index (χ1v) is 6.24. The molecule has 98 valence electrons. The normalized spacial score (nSPS) is 15.0. The van der Waals surface area contributed by atoms with E-state index in [2.05, 4.69) is 48.5 Å². The number of nitrogens with zero attached hydrogens (tertiary/aromatic N) is 1. The third-order valence-corrected chi connectivity index (χ3v) is 2.99. The van der Waals surface area contributed by atoms with Crippen LogP contribution in [0.4, 0.5) is 5.69 Å². The molecule has 0 atom stereocenters. The molecule has 1 aromatic rings. The van der Waals surface area contributed by atoms with Gasteiger partial charge in [0.05, 0.1) is 19.3 Å². The molecule has 0 radical (unpaired) electrons. The van der Waals surface area contributed by atoms with E-state index in [0.29, 0.717) is 0 Å². The molecule has 2 N–H and O–H groups in total. The van der Waals surface area contributed by atoms with Gasteiger partial charge in [-0.3, -0.25) is 4.99 Å². The molecular weight excluding hydrogens is 226 g/mol. The zero-order chi connectivity index (χ0) is 13.2. The summed E-state index contributed by atoms with van der Waals surface area (Å²) in [5, 5.41) is 6.48. The lowest BCUT2D eigenvalue weighted by Gasteiger charge is -2.21. The van der Waals surface area contributed by atoms with Crippen LogP contribution in [0.15, 0.2) is 23.2 Å². The number of guanidine groups is 1. The molecule has 4 heteroatoms. The van der Waals surface area contributed by atoms with E-state index in [-0.39, 0.29) is 5.41 Å². The minimum atomic E-state index is 0.119. The molecular formula is C14H21N3O. The van der Waals surface area contributed by atoms with Crippen LogP contribution >= 0.6 is 0 Å². The van der Waals surface area contributed by atoms with Crippen LogP contribution < -0.4 is 15.4 Å². The van der Waals surface area contributed by atoms with Crippen LogP contribution in [0.25, 0.3) is 0 Å². The van der Waals surface area contributed by atoms with Crippen molar-refractivity contribution in [3.8, 4) is 5.75 Å². The van der Waals surface area contributed by atoms with Gasteiger partial charge < -0.3 is 15.4 Å². The topological polar surface area (TPSA) is 45.6 Å². The number of hydrogen-bond acceptors (Lipinski definition) is 4. The van der Waals surface area contributed by atoms with Crippen LogP contribution in [0.5, 0.6) is 5.75 Å². The summed E-state index contributed by atoms with van der Waals surface area (Å²) in [5.74, 6) is 1.65. The molecule has 4 nitrogen and oxygen atoms in total. The van der Waals surface area contributed by atoms with Gasteiger partial charge in [-0.25, -0.2) is 0 Å². The van der Waals surface area contributed by atoms with Gasteiger partial charge in [-0.1, -0.05) is 26.8 Å². The Morgan fingerprint density at radius 3 is 2.67 bits per heavy atom. The maximum Gasteiger partial charge on any atom is 0.196 e. The summed E-state index contributed by atoms with van der Waals surface area (Å²) in [6, 6.07) is 6.23. The molecule has 1 aromatic carbocycles. The first kappa shape index (κ1) is 12.7. The smallest absolute Gasteiger partial charge is 0.196 e. The summed E-state index contributed by atoms with van der Waals surface area (Å²) in [7, 11) is 1.68. The lowest BCUT2D eigenvalue weighted by Crippen LogP contribution is -2.26. The Morgan fingerprint density at radius 1 is 1.33 bits per heavy atom. The summed E-state index contributed by atoms with van der Waals surface area (Å²) in [5.41, 5.74) is 2.34. The molecule has 18 heavy (non-hydrogen) atoms. The number of benzene rings is 1. The average Bonchev–Trinajstić information content (AvgIpc) is 2.80. The Balaban J connectivity index is 2.30. The standard InChI is InChI=1S/C14H21N3O/c1-14(2,3)10-5-6-12(18-4)11(9-10)17-13-15-7-8-16-13/h5-6,9H,7-8H2,1-4H3,(H2,15,16,17). The summed E-state index contributed by atoms with van der Waals surface area (Å²) >= 11 is 0. The lowest BCUT2D eigenvalue weighted by molar-refractivity contribution is 0.416. The van der Waals surface area contributed by atoms with Crippen molar-refractivity contribution in [3.63, 3.8) is 0 Å². The third-order valence-electron chi connectivity index (χ3n) is 2.99. The summed E-state index contributed by atoms with van der Waals surface area (Å²) in [6.45, 7) is 8.31. The molecule has 0 saturated heterocycles. The quantitative estimate of drug-likeness (QED) is 0.843. The maximum absolute atomic E-state index is 5.38. The van der Waals surface area contributed by atoms with Crippen molar-refractivity contribution in [2.75, 3.05) is 25.5 Å². The molecule has 0 amide bonds. The average molecular weight is 247 g/mol. The molecule has 1 aliphatic rings. The minimum Gasteiger partial charge on any atom is -0.495 e. The van der Waals surface area contributed by atoms with Crippen molar-refractivity contribution in [1.82, 2.24) is 5.32 Å². The lowest BCUT2D eigenvalue weighted by atomic mass is 9.87. The second-order valence-electron chi connectivity index (χ2n) is 5.45. The highest BCUT2D eigenvalue weighted by atomic mass is 16.5. The van der Waals surface area contributed by atoms with Crippen molar-refractivity contribution >= 4 is 11.6 Å². The molecule has 2 rings (SSSR count). The Bertz CT molecular complexity index is 461. The first-order valence-electron chi connectivity index (χ1n) is 6.24. The van der Waals surface area contributed by atoms with Crippen LogP contribution in [0, 0.1) is 0 Å². The second-order valence-corrected chi connectivity index (χ2v) is 5.45. The van der Waals surface area contributed by atoms with E-state index in [4.69, 9.17) is 4.74 Å². The molecule has 0 bridgehead atoms. The highest BCUT2D eigenvalue weighted by Gasteiger charge is 2.17. The van der Waals surface area contributed by atoms with Gasteiger partial charge in [0.15, 0.2) is 5.96 Å². The van der Waals surface area contributed by atoms with Gasteiger partial charge in [-0.15, -0.1) is 0 Å². The fourth-order valence-electron chi connectivity index (χ4n) is 1.88. The Kier molecular flexibility index (Phi) is 3.45. The van der Waals surface area contributed by atoms with E-state index in [9.17, 15) is 0 Å². The number of hydrogen-bond donors (Lipinski definition) is 2. The minimum absolute atomic E-state index is 0.119. The Hall–Kier alpha value is -1.71. The summed E-state index contributed by atoms with van der Waals surface area (Å²) in [6.07, 6.45) is 0. The molecule has 0 saturated carbocycles. The van der Waals surface area contributed by atoms with Gasteiger partial charge in [-0.05, 0) is 23.1 Å². The molecule has 0 unspecified atom stereocenters. The van der Waals surface area contributed by atoms with E-state index in [0.717, 1.165) is 30.5 Å². The second kappa shape index (κ2) is 4.88. The number of aliphatic imine (C=N–C) groups is 1. The van der Waals surface area contributed by atoms with Gasteiger partial charge in [0, 0.05) is 6.54 Å². The number of ether oxygens (including phenoxy) is 1. The van der Waals surface area contributed by atoms with E-state index < -0.39 is 0 Å². The van der Waals surface area contributed by atoms with Crippen molar-refractivity contribution in [2.45, 2.75) is 26.2 Å². The number of nitrogens with one attached hydrogen (secondary N) is 2. The molecule has 0 aliphatic carbocycles. The van der Waals surface area contributed by atoms with Crippen molar-refractivity contribution in [3.05, 3.63) is 23.8 Å². The maximum atomic E-state index is 5.38. The predicted molar refractivity (Wildman–Crippen MR) is 75.6 cm³/mol. The fourth-order valence-corrected chi connectivity index (χ4v) is 1.88. The molecule has 0 fully saturated rings. The molecule has 1 aliphatic heterocycles. The fraction of sp³-hybridized carbons (Fsp3) is 0.500. The van der Waals surface area contributed by atoms with E-state index in [1.165, 1.54) is 5.56 Å². The number of anilines is 1. The number of rotatable bonds is 2. The number of methoxy groups -OCH3 is 1. The van der Waals surface area contributed by atoms with Crippen LogP contribution in [0.3, 0.4) is 0 Å². The van der Waals surface area contributed by atoms with Crippen LogP contribution in [-0.2, 0) is 5.41 Å².